The summed E-state index contributed by atoms with van der Waals surface area (Å²) in [7, 11) is 0. The van der Waals surface area contributed by atoms with Gasteiger partial charge >= 0.3 is 0 Å². The molecule has 0 bridgehead atoms. The Bertz CT molecular complexity index is 489. The number of fused-ring (bicyclic) bond motifs is 2. The Labute approximate surface area is 124 Å². The van der Waals surface area contributed by atoms with Crippen molar-refractivity contribution in [3.8, 4) is 0 Å². The SMILES string of the molecule is CC.CC.CC.c1ccc2cc3ccccc3cc2c#1. The zero-order chi connectivity index (χ0) is 15.4. The fraction of sp³-hybridized carbons (Fsp3) is 0.300. The molecule has 0 amide bonds. The van der Waals surface area contributed by atoms with E-state index in [1.807, 2.05) is 47.6 Å². The van der Waals surface area contributed by atoms with Gasteiger partial charge in [0.15, 0.2) is 0 Å². The van der Waals surface area contributed by atoms with Gasteiger partial charge in [0, 0.05) is 5.39 Å². The van der Waals surface area contributed by atoms with Gasteiger partial charge < -0.3 is 0 Å². The number of benzene rings is 2. The van der Waals surface area contributed by atoms with Gasteiger partial charge in [0.05, 0.1) is 0 Å². The highest BCUT2D eigenvalue weighted by Gasteiger charge is 1.94. The molecule has 0 aliphatic carbocycles. The van der Waals surface area contributed by atoms with Gasteiger partial charge in [-0.05, 0) is 40.4 Å². The molecule has 0 heterocycles. The van der Waals surface area contributed by atoms with Gasteiger partial charge in [-0.15, -0.1) is 0 Å². The number of hydrogen-bond acceptors (Lipinski definition) is 0. The van der Waals surface area contributed by atoms with Crippen molar-refractivity contribution in [1.82, 2.24) is 0 Å². The van der Waals surface area contributed by atoms with Crippen LogP contribution in [0.3, 0.4) is 0 Å². The summed E-state index contributed by atoms with van der Waals surface area (Å²) in [6, 6.07) is 22.8. The summed E-state index contributed by atoms with van der Waals surface area (Å²) in [5.41, 5.74) is 0. The molecular formula is C20H26. The molecule has 0 radical (unpaired) electrons. The first-order valence-electron chi connectivity index (χ1n) is 7.64. The van der Waals surface area contributed by atoms with Crippen LogP contribution in [-0.2, 0) is 0 Å². The Morgan fingerprint density at radius 1 is 0.650 bits per heavy atom. The van der Waals surface area contributed by atoms with Crippen LogP contribution in [0.5, 0.6) is 0 Å². The van der Waals surface area contributed by atoms with Crippen molar-refractivity contribution >= 4 is 21.5 Å². The second-order valence-corrected chi connectivity index (χ2v) is 3.39. The quantitative estimate of drug-likeness (QED) is 0.426. The smallest absolute Gasteiger partial charge is 0.0327 e. The predicted octanol–water partition coefficient (Wildman–Crippen LogP) is 6.67. The first kappa shape index (κ1) is 18.0. The molecule has 0 saturated carbocycles. The lowest BCUT2D eigenvalue weighted by molar-refractivity contribution is 1.50. The Morgan fingerprint density at radius 3 is 1.80 bits per heavy atom. The summed E-state index contributed by atoms with van der Waals surface area (Å²) < 4.78 is 0. The molecule has 0 aliphatic heterocycles. The van der Waals surface area contributed by atoms with Crippen LogP contribution < -0.4 is 0 Å². The fourth-order valence-electron chi connectivity index (χ4n) is 1.75. The molecule has 20 heavy (non-hydrogen) atoms. The molecule has 0 heteroatoms. The van der Waals surface area contributed by atoms with E-state index in [0.717, 1.165) is 5.39 Å². The molecule has 0 fully saturated rings. The van der Waals surface area contributed by atoms with Crippen LogP contribution in [0.4, 0.5) is 0 Å². The zero-order valence-electron chi connectivity index (χ0n) is 13.6. The highest BCUT2D eigenvalue weighted by molar-refractivity contribution is 5.97. The van der Waals surface area contributed by atoms with E-state index in [1.54, 1.807) is 0 Å². The minimum absolute atomic E-state index is 1.13. The van der Waals surface area contributed by atoms with E-state index in [2.05, 4.69) is 54.6 Å². The number of rotatable bonds is 0. The molecule has 0 aliphatic rings. The van der Waals surface area contributed by atoms with Crippen molar-refractivity contribution in [2.75, 3.05) is 0 Å². The summed E-state index contributed by atoms with van der Waals surface area (Å²) in [6.45, 7) is 12.0. The van der Waals surface area contributed by atoms with Crippen molar-refractivity contribution in [3.63, 3.8) is 0 Å². The van der Waals surface area contributed by atoms with Crippen molar-refractivity contribution < 1.29 is 0 Å². The van der Waals surface area contributed by atoms with Crippen molar-refractivity contribution in [1.29, 1.82) is 0 Å². The predicted molar refractivity (Wildman–Crippen MR) is 93.2 cm³/mol. The van der Waals surface area contributed by atoms with Gasteiger partial charge in [-0.25, -0.2) is 0 Å². The summed E-state index contributed by atoms with van der Waals surface area (Å²) >= 11 is 0. The standard InChI is InChI=1S/C14H8.3C2H6/c1-2-6-12-10-14-8-4-3-7-13(14)9-11(12)5-1;3*1-2/h1-3,5-7,9-10H;3*1-2H3. The van der Waals surface area contributed by atoms with E-state index < -0.39 is 0 Å². The monoisotopic (exact) mass is 266 g/mol. The van der Waals surface area contributed by atoms with Crippen LogP contribution >= 0.6 is 0 Å². The Hall–Kier alpha value is -2.00. The lowest BCUT2D eigenvalue weighted by atomic mass is 10.1. The van der Waals surface area contributed by atoms with Gasteiger partial charge in [-0.2, -0.15) is 0 Å². The summed E-state index contributed by atoms with van der Waals surface area (Å²) in [5, 5.41) is 4.89. The van der Waals surface area contributed by atoms with Crippen LogP contribution in [0.1, 0.15) is 41.5 Å². The molecule has 0 aromatic heterocycles. The van der Waals surface area contributed by atoms with Crippen LogP contribution in [0.15, 0.2) is 48.5 Å². The van der Waals surface area contributed by atoms with Crippen LogP contribution in [-0.4, -0.2) is 0 Å². The average molecular weight is 266 g/mol. The van der Waals surface area contributed by atoms with E-state index in [4.69, 9.17) is 0 Å². The van der Waals surface area contributed by atoms with E-state index in [0.29, 0.717) is 0 Å². The molecule has 0 unspecified atom stereocenters. The third-order valence-corrected chi connectivity index (χ3v) is 2.47. The third-order valence-electron chi connectivity index (χ3n) is 2.47. The molecular weight excluding hydrogens is 240 g/mol. The van der Waals surface area contributed by atoms with Gasteiger partial charge in [-0.3, -0.25) is 0 Å². The summed E-state index contributed by atoms with van der Waals surface area (Å²) in [6.07, 6.45) is 0. The molecule has 0 N–H and O–H groups in total. The lowest BCUT2D eigenvalue weighted by Gasteiger charge is -1.98. The van der Waals surface area contributed by atoms with Gasteiger partial charge in [0.2, 0.25) is 0 Å². The maximum Gasteiger partial charge on any atom is 0.0327 e. The molecule has 0 nitrogen and oxygen atoms in total. The van der Waals surface area contributed by atoms with E-state index >= 15 is 0 Å². The lowest BCUT2D eigenvalue weighted by Crippen LogP contribution is -1.73. The Morgan fingerprint density at radius 2 is 1.20 bits per heavy atom. The Kier molecular flexibility index (Phi) is 9.79. The minimum atomic E-state index is 1.13. The molecule has 3 rings (SSSR count). The zero-order valence-corrected chi connectivity index (χ0v) is 13.6. The molecule has 0 atom stereocenters. The highest BCUT2D eigenvalue weighted by atomic mass is 14.0. The molecule has 0 saturated heterocycles. The van der Waals surface area contributed by atoms with Crippen molar-refractivity contribution in [2.24, 2.45) is 0 Å². The molecule has 3 aromatic carbocycles. The van der Waals surface area contributed by atoms with Gasteiger partial charge in [-0.1, -0.05) is 77.9 Å². The molecule has 106 valence electrons. The fourth-order valence-corrected chi connectivity index (χ4v) is 1.75. The van der Waals surface area contributed by atoms with Crippen LogP contribution in [0.25, 0.3) is 21.5 Å². The minimum Gasteiger partial charge on any atom is -0.0696 e. The van der Waals surface area contributed by atoms with E-state index in [1.165, 1.54) is 16.2 Å². The van der Waals surface area contributed by atoms with E-state index in [9.17, 15) is 0 Å². The first-order chi connectivity index (χ1) is 9.93. The van der Waals surface area contributed by atoms with Gasteiger partial charge in [0.1, 0.15) is 0 Å². The third kappa shape index (κ3) is 4.59. The maximum atomic E-state index is 3.12. The topological polar surface area (TPSA) is 0 Å². The van der Waals surface area contributed by atoms with Crippen LogP contribution in [0.2, 0.25) is 0 Å². The van der Waals surface area contributed by atoms with Crippen LogP contribution in [0, 0.1) is 12.1 Å². The van der Waals surface area contributed by atoms with E-state index in [-0.39, 0.29) is 0 Å². The molecule has 0 spiro atoms. The first-order valence-corrected chi connectivity index (χ1v) is 7.64. The second-order valence-electron chi connectivity index (χ2n) is 3.39. The largest absolute Gasteiger partial charge is 0.0696 e. The molecule has 3 aromatic rings. The van der Waals surface area contributed by atoms with Crippen molar-refractivity contribution in [3.05, 3.63) is 60.7 Å². The Balaban J connectivity index is 0.000000538. The normalized spacial score (nSPS) is 8.10. The van der Waals surface area contributed by atoms with Crippen molar-refractivity contribution in [2.45, 2.75) is 41.5 Å². The number of hydrogen-bond donors (Lipinski definition) is 0. The maximum absolute atomic E-state index is 3.12. The average Bonchev–Trinajstić information content (AvgIpc) is 2.58. The second kappa shape index (κ2) is 10.9. The summed E-state index contributed by atoms with van der Waals surface area (Å²) in [4.78, 5) is 0. The summed E-state index contributed by atoms with van der Waals surface area (Å²) in [5.74, 6) is 0. The highest BCUT2D eigenvalue weighted by Crippen LogP contribution is 2.20. The van der Waals surface area contributed by atoms with Gasteiger partial charge in [0.25, 0.3) is 0 Å².